The maximum absolute atomic E-state index is 11.2. The monoisotopic (exact) mass is 417 g/mol. The van der Waals surface area contributed by atoms with Gasteiger partial charge in [0.15, 0.2) is 0 Å². The van der Waals surface area contributed by atoms with Gasteiger partial charge in [0.1, 0.15) is 5.82 Å². The van der Waals surface area contributed by atoms with Gasteiger partial charge in [-0.2, -0.15) is 0 Å². The van der Waals surface area contributed by atoms with Crippen molar-refractivity contribution in [1.29, 1.82) is 0 Å². The maximum atomic E-state index is 11.2. The number of hydrogen-bond donors (Lipinski definition) is 0. The number of nitrogens with zero attached hydrogens (tertiary/aromatic N) is 3. The lowest BCUT2D eigenvalue weighted by molar-refractivity contribution is -0.384. The van der Waals surface area contributed by atoms with Crippen molar-refractivity contribution in [3.8, 4) is 39.6 Å². The molecule has 0 saturated heterocycles. The molecule has 5 rings (SSSR count). The Balaban J connectivity index is 1.84. The van der Waals surface area contributed by atoms with Crippen molar-refractivity contribution >= 4 is 5.69 Å². The molecule has 0 bridgehead atoms. The van der Waals surface area contributed by atoms with Crippen LogP contribution >= 0.6 is 0 Å². The van der Waals surface area contributed by atoms with Gasteiger partial charge < -0.3 is 0 Å². The Kier molecular flexibility index (Phi) is 5.06. The van der Waals surface area contributed by atoms with Gasteiger partial charge >= 0.3 is 0 Å². The van der Waals surface area contributed by atoms with Gasteiger partial charge in [0.25, 0.3) is 5.69 Å². The quantitative estimate of drug-likeness (QED) is 0.234. The first-order chi connectivity index (χ1) is 15.7. The number of hydrogen-bond acceptors (Lipinski definition) is 3. The van der Waals surface area contributed by atoms with Gasteiger partial charge in [0.05, 0.1) is 16.3 Å². The van der Waals surface area contributed by atoms with Crippen LogP contribution in [0.5, 0.6) is 0 Å². The van der Waals surface area contributed by atoms with Crippen LogP contribution in [-0.2, 0) is 0 Å². The van der Waals surface area contributed by atoms with Crippen molar-refractivity contribution in [3.05, 3.63) is 125 Å². The maximum Gasteiger partial charge on any atom is 0.269 e. The zero-order valence-electron chi connectivity index (χ0n) is 17.1. The molecule has 0 aliphatic carbocycles. The van der Waals surface area contributed by atoms with E-state index in [4.69, 9.17) is 4.98 Å². The molecule has 1 heterocycles. The standard InChI is InChI=1S/C27H19N3O2/c31-30(32)24-18-16-22(17-19-24)27-28-25(20-10-4-1-5-11-20)26(21-12-6-2-7-13-21)29(27)23-14-8-3-9-15-23/h1-19H. The second kappa shape index (κ2) is 8.32. The SMILES string of the molecule is O=[N+]([O-])c1ccc(-c2nc(-c3ccccc3)c(-c3ccccc3)n2-c2ccccc2)cc1. The summed E-state index contributed by atoms with van der Waals surface area (Å²) in [5.41, 5.74) is 5.69. The minimum absolute atomic E-state index is 0.0538. The van der Waals surface area contributed by atoms with Crippen LogP contribution in [0.2, 0.25) is 0 Å². The van der Waals surface area contributed by atoms with Gasteiger partial charge in [0, 0.05) is 34.5 Å². The van der Waals surface area contributed by atoms with E-state index in [0.717, 1.165) is 39.6 Å². The van der Waals surface area contributed by atoms with Gasteiger partial charge in [0.2, 0.25) is 0 Å². The summed E-state index contributed by atoms with van der Waals surface area (Å²) in [6, 6.07) is 36.8. The van der Waals surface area contributed by atoms with Gasteiger partial charge in [-0.3, -0.25) is 14.7 Å². The highest BCUT2D eigenvalue weighted by molar-refractivity contribution is 5.84. The molecule has 5 heteroatoms. The summed E-state index contributed by atoms with van der Waals surface area (Å²) in [5, 5.41) is 11.2. The van der Waals surface area contributed by atoms with E-state index in [2.05, 4.69) is 16.7 Å². The van der Waals surface area contributed by atoms with Crippen molar-refractivity contribution < 1.29 is 4.92 Å². The highest BCUT2D eigenvalue weighted by Crippen LogP contribution is 2.38. The van der Waals surface area contributed by atoms with Gasteiger partial charge in [-0.15, -0.1) is 0 Å². The lowest BCUT2D eigenvalue weighted by Gasteiger charge is -2.13. The number of para-hydroxylation sites is 1. The molecule has 5 aromatic rings. The van der Waals surface area contributed by atoms with Crippen LogP contribution in [-0.4, -0.2) is 14.5 Å². The molecule has 0 fully saturated rings. The van der Waals surface area contributed by atoms with E-state index in [-0.39, 0.29) is 5.69 Å². The molecule has 0 unspecified atom stereocenters. The lowest BCUT2D eigenvalue weighted by atomic mass is 10.0. The first kappa shape index (κ1) is 19.5. The average Bonchev–Trinajstić information content (AvgIpc) is 3.26. The number of imidazole rings is 1. The highest BCUT2D eigenvalue weighted by atomic mass is 16.6. The number of nitro benzene ring substituents is 1. The van der Waals surface area contributed by atoms with Gasteiger partial charge in [-0.05, 0) is 24.3 Å². The zero-order valence-corrected chi connectivity index (χ0v) is 17.1. The van der Waals surface area contributed by atoms with E-state index in [1.165, 1.54) is 12.1 Å². The minimum Gasteiger partial charge on any atom is -0.292 e. The fraction of sp³-hybridized carbons (Fsp3) is 0. The van der Waals surface area contributed by atoms with Crippen molar-refractivity contribution in [2.24, 2.45) is 0 Å². The molecule has 0 saturated carbocycles. The summed E-state index contributed by atoms with van der Waals surface area (Å²) in [6.45, 7) is 0. The van der Waals surface area contributed by atoms with Crippen molar-refractivity contribution in [1.82, 2.24) is 9.55 Å². The summed E-state index contributed by atoms with van der Waals surface area (Å²) in [5.74, 6) is 0.726. The number of nitro groups is 1. The summed E-state index contributed by atoms with van der Waals surface area (Å²) >= 11 is 0. The minimum atomic E-state index is -0.391. The summed E-state index contributed by atoms with van der Waals surface area (Å²) < 4.78 is 2.12. The topological polar surface area (TPSA) is 61.0 Å². The molecule has 32 heavy (non-hydrogen) atoms. The second-order valence-electron chi connectivity index (χ2n) is 7.34. The van der Waals surface area contributed by atoms with E-state index in [9.17, 15) is 10.1 Å². The predicted molar refractivity (Wildman–Crippen MR) is 127 cm³/mol. The van der Waals surface area contributed by atoms with E-state index in [1.807, 2.05) is 78.9 Å². The zero-order chi connectivity index (χ0) is 21.9. The Morgan fingerprint density at radius 2 is 1.16 bits per heavy atom. The van der Waals surface area contributed by atoms with Crippen molar-refractivity contribution in [3.63, 3.8) is 0 Å². The molecule has 1 aromatic heterocycles. The Morgan fingerprint density at radius 3 is 1.72 bits per heavy atom. The van der Waals surface area contributed by atoms with E-state index >= 15 is 0 Å². The number of rotatable bonds is 5. The molecule has 154 valence electrons. The summed E-state index contributed by atoms with van der Waals surface area (Å²) in [4.78, 5) is 15.8. The van der Waals surface area contributed by atoms with Crippen molar-refractivity contribution in [2.75, 3.05) is 0 Å². The van der Waals surface area contributed by atoms with Gasteiger partial charge in [-0.25, -0.2) is 4.98 Å². The van der Waals surface area contributed by atoms with Crippen LogP contribution in [0.15, 0.2) is 115 Å². The summed E-state index contributed by atoms with van der Waals surface area (Å²) in [6.07, 6.45) is 0. The fourth-order valence-electron chi connectivity index (χ4n) is 3.83. The number of benzene rings is 4. The van der Waals surface area contributed by atoms with Gasteiger partial charge in [-0.1, -0.05) is 78.9 Å². The molecule has 0 amide bonds. The smallest absolute Gasteiger partial charge is 0.269 e. The predicted octanol–water partition coefficient (Wildman–Crippen LogP) is 6.78. The molecular weight excluding hydrogens is 398 g/mol. The average molecular weight is 417 g/mol. The van der Waals surface area contributed by atoms with Crippen LogP contribution in [0.1, 0.15) is 0 Å². The molecule has 0 aliphatic heterocycles. The van der Waals surface area contributed by atoms with Crippen molar-refractivity contribution in [2.45, 2.75) is 0 Å². The Hall–Kier alpha value is -4.51. The molecule has 4 aromatic carbocycles. The van der Waals surface area contributed by atoms with E-state index < -0.39 is 4.92 Å². The molecule has 0 N–H and O–H groups in total. The van der Waals surface area contributed by atoms with Crippen LogP contribution in [0.4, 0.5) is 5.69 Å². The Bertz CT molecular complexity index is 1360. The Labute approximate surface area is 185 Å². The molecule has 0 spiro atoms. The number of non-ortho nitro benzene ring substituents is 1. The van der Waals surface area contributed by atoms with E-state index in [0.29, 0.717) is 0 Å². The largest absolute Gasteiger partial charge is 0.292 e. The normalized spacial score (nSPS) is 10.8. The summed E-state index contributed by atoms with van der Waals surface area (Å²) in [7, 11) is 0. The molecule has 0 atom stereocenters. The van der Waals surface area contributed by atoms with E-state index in [1.54, 1.807) is 12.1 Å². The molecular formula is C27H19N3O2. The van der Waals surface area contributed by atoms with Crippen LogP contribution in [0.3, 0.4) is 0 Å². The first-order valence-corrected chi connectivity index (χ1v) is 10.3. The highest BCUT2D eigenvalue weighted by Gasteiger charge is 2.22. The van der Waals surface area contributed by atoms with Crippen LogP contribution in [0.25, 0.3) is 39.6 Å². The fourth-order valence-corrected chi connectivity index (χ4v) is 3.83. The third-order valence-corrected chi connectivity index (χ3v) is 5.32. The Morgan fingerprint density at radius 1 is 0.625 bits per heavy atom. The molecule has 0 aliphatic rings. The van der Waals surface area contributed by atoms with Crippen LogP contribution < -0.4 is 0 Å². The molecule has 0 radical (unpaired) electrons. The number of aromatic nitrogens is 2. The van der Waals surface area contributed by atoms with Crippen LogP contribution in [0, 0.1) is 10.1 Å². The first-order valence-electron chi connectivity index (χ1n) is 10.3. The second-order valence-corrected chi connectivity index (χ2v) is 7.34. The third kappa shape index (κ3) is 3.56. The lowest BCUT2D eigenvalue weighted by Crippen LogP contribution is -2.00. The molecule has 5 nitrogen and oxygen atoms in total. The third-order valence-electron chi connectivity index (χ3n) is 5.32.